The molecule has 1 unspecified atom stereocenters. The molecule has 1 amide bonds. The molecule has 0 radical (unpaired) electrons. The summed E-state index contributed by atoms with van der Waals surface area (Å²) in [5.74, 6) is 1.61. The molecule has 1 rings (SSSR count). The zero-order valence-corrected chi connectivity index (χ0v) is 9.95. The Hall–Kier alpha value is -0.860. The number of amides is 1. The Kier molecular flexibility index (Phi) is 4.30. The van der Waals surface area contributed by atoms with Crippen molar-refractivity contribution in [2.45, 2.75) is 40.0 Å². The molecule has 0 aromatic rings. The number of carbonyl (C=O) groups is 2. The van der Waals surface area contributed by atoms with Gasteiger partial charge in [0.2, 0.25) is 5.91 Å². The van der Waals surface area contributed by atoms with Crippen molar-refractivity contribution in [2.24, 2.45) is 11.8 Å². The van der Waals surface area contributed by atoms with E-state index in [1.54, 1.807) is 6.92 Å². The molecule has 1 heterocycles. The number of piperidine rings is 1. The van der Waals surface area contributed by atoms with E-state index >= 15 is 0 Å². The Labute approximate surface area is 91.8 Å². The molecule has 1 saturated heterocycles. The number of carbonyl (C=O) groups excluding carboxylic acids is 2. The van der Waals surface area contributed by atoms with E-state index in [4.69, 9.17) is 0 Å². The Bertz CT molecular complexity index is 248. The third-order valence-corrected chi connectivity index (χ3v) is 3.21. The lowest BCUT2D eigenvalue weighted by molar-refractivity contribution is -0.135. The van der Waals surface area contributed by atoms with Gasteiger partial charge in [-0.25, -0.2) is 0 Å². The van der Waals surface area contributed by atoms with E-state index in [0.29, 0.717) is 31.2 Å². The van der Waals surface area contributed by atoms with Crippen LogP contribution in [0.1, 0.15) is 40.0 Å². The lowest BCUT2D eigenvalue weighted by Crippen LogP contribution is -2.42. The van der Waals surface area contributed by atoms with E-state index in [0.717, 1.165) is 13.0 Å². The molecule has 3 nitrogen and oxygen atoms in total. The van der Waals surface area contributed by atoms with Crippen LogP contribution < -0.4 is 0 Å². The van der Waals surface area contributed by atoms with Crippen molar-refractivity contribution in [2.75, 3.05) is 13.1 Å². The molecular formula is C12H21NO2. The van der Waals surface area contributed by atoms with Crippen LogP contribution in [0, 0.1) is 11.8 Å². The maximum atomic E-state index is 11.6. The summed E-state index contributed by atoms with van der Waals surface area (Å²) < 4.78 is 0. The lowest BCUT2D eigenvalue weighted by Gasteiger charge is -2.34. The summed E-state index contributed by atoms with van der Waals surface area (Å²) in [5, 5.41) is 0. The van der Waals surface area contributed by atoms with E-state index in [1.165, 1.54) is 0 Å². The zero-order valence-electron chi connectivity index (χ0n) is 9.95. The molecule has 1 fully saturated rings. The van der Waals surface area contributed by atoms with Gasteiger partial charge in [0.25, 0.3) is 0 Å². The number of nitrogens with zero attached hydrogens (tertiary/aromatic N) is 1. The number of likely N-dealkylation sites (tertiary alicyclic amines) is 1. The fraction of sp³-hybridized carbons (Fsp3) is 0.833. The largest absolute Gasteiger partial charge is 0.342 e. The van der Waals surface area contributed by atoms with Gasteiger partial charge in [0.1, 0.15) is 5.78 Å². The van der Waals surface area contributed by atoms with Crippen molar-refractivity contribution in [1.82, 2.24) is 4.90 Å². The zero-order chi connectivity index (χ0) is 11.4. The highest BCUT2D eigenvalue weighted by Crippen LogP contribution is 2.24. The Morgan fingerprint density at radius 1 is 1.53 bits per heavy atom. The molecule has 1 aliphatic heterocycles. The van der Waals surface area contributed by atoms with Gasteiger partial charge in [-0.15, -0.1) is 0 Å². The molecule has 0 aromatic heterocycles. The standard InChI is InChI=1S/C12H21NO2/c1-9(2)11-4-5-12(15)13(8-11)7-6-10(3)14/h9,11H,4-8H2,1-3H3. The molecule has 0 aromatic carbocycles. The topological polar surface area (TPSA) is 37.4 Å². The smallest absolute Gasteiger partial charge is 0.222 e. The number of hydrogen-bond acceptors (Lipinski definition) is 2. The summed E-state index contributed by atoms with van der Waals surface area (Å²) in [5.41, 5.74) is 0. The van der Waals surface area contributed by atoms with Crippen molar-refractivity contribution in [3.05, 3.63) is 0 Å². The first-order chi connectivity index (χ1) is 7.00. The second-order valence-electron chi connectivity index (χ2n) is 4.83. The minimum absolute atomic E-state index is 0.162. The highest BCUT2D eigenvalue weighted by atomic mass is 16.2. The van der Waals surface area contributed by atoms with Gasteiger partial charge in [-0.3, -0.25) is 9.59 Å². The number of hydrogen-bond donors (Lipinski definition) is 0. The van der Waals surface area contributed by atoms with Crippen LogP contribution in [0.5, 0.6) is 0 Å². The SMILES string of the molecule is CC(=O)CCN1CC(C(C)C)CCC1=O. The van der Waals surface area contributed by atoms with Gasteiger partial charge in [0.05, 0.1) is 0 Å². The lowest BCUT2D eigenvalue weighted by atomic mass is 9.87. The molecular weight excluding hydrogens is 190 g/mol. The van der Waals surface area contributed by atoms with Crippen LogP contribution in [0.25, 0.3) is 0 Å². The maximum Gasteiger partial charge on any atom is 0.222 e. The van der Waals surface area contributed by atoms with Crippen LogP contribution in [-0.2, 0) is 9.59 Å². The second kappa shape index (κ2) is 5.29. The summed E-state index contributed by atoms with van der Waals surface area (Å²) >= 11 is 0. The molecule has 15 heavy (non-hydrogen) atoms. The van der Waals surface area contributed by atoms with Crippen molar-refractivity contribution < 1.29 is 9.59 Å². The Balaban J connectivity index is 2.46. The first-order valence-electron chi connectivity index (χ1n) is 5.78. The third kappa shape index (κ3) is 3.65. The summed E-state index contributed by atoms with van der Waals surface area (Å²) in [4.78, 5) is 24.3. The fourth-order valence-electron chi connectivity index (χ4n) is 2.00. The Morgan fingerprint density at radius 3 is 2.73 bits per heavy atom. The molecule has 0 spiro atoms. The summed E-state index contributed by atoms with van der Waals surface area (Å²) in [6, 6.07) is 0. The monoisotopic (exact) mass is 211 g/mol. The quantitative estimate of drug-likeness (QED) is 0.711. The molecule has 0 saturated carbocycles. The average molecular weight is 211 g/mol. The predicted molar refractivity (Wildman–Crippen MR) is 59.4 cm³/mol. The van der Waals surface area contributed by atoms with Gasteiger partial charge in [0.15, 0.2) is 0 Å². The maximum absolute atomic E-state index is 11.6. The minimum Gasteiger partial charge on any atom is -0.342 e. The van der Waals surface area contributed by atoms with E-state index in [2.05, 4.69) is 13.8 Å². The van der Waals surface area contributed by atoms with Gasteiger partial charge in [-0.05, 0) is 25.2 Å². The molecule has 3 heteroatoms. The van der Waals surface area contributed by atoms with Crippen molar-refractivity contribution in [3.63, 3.8) is 0 Å². The molecule has 0 bridgehead atoms. The first kappa shape index (κ1) is 12.2. The van der Waals surface area contributed by atoms with Gasteiger partial charge in [0, 0.05) is 25.9 Å². The summed E-state index contributed by atoms with van der Waals surface area (Å²) in [7, 11) is 0. The van der Waals surface area contributed by atoms with Gasteiger partial charge < -0.3 is 4.90 Å². The van der Waals surface area contributed by atoms with E-state index in [-0.39, 0.29) is 11.7 Å². The van der Waals surface area contributed by atoms with Crippen LogP contribution >= 0.6 is 0 Å². The highest BCUT2D eigenvalue weighted by molar-refractivity contribution is 5.79. The first-order valence-corrected chi connectivity index (χ1v) is 5.78. The fourth-order valence-corrected chi connectivity index (χ4v) is 2.00. The normalized spacial score (nSPS) is 22.3. The summed E-state index contributed by atoms with van der Waals surface area (Å²) in [6.07, 6.45) is 2.16. The minimum atomic E-state index is 0.162. The van der Waals surface area contributed by atoms with Crippen LogP contribution in [0.3, 0.4) is 0 Å². The van der Waals surface area contributed by atoms with Crippen molar-refractivity contribution in [3.8, 4) is 0 Å². The van der Waals surface area contributed by atoms with Crippen molar-refractivity contribution >= 4 is 11.7 Å². The predicted octanol–water partition coefficient (Wildman–Crippen LogP) is 1.86. The molecule has 1 aliphatic rings. The van der Waals surface area contributed by atoms with Gasteiger partial charge >= 0.3 is 0 Å². The van der Waals surface area contributed by atoms with Crippen LogP contribution in [0.15, 0.2) is 0 Å². The van der Waals surface area contributed by atoms with Crippen LogP contribution in [0.4, 0.5) is 0 Å². The average Bonchev–Trinajstić information content (AvgIpc) is 2.16. The molecule has 86 valence electrons. The summed E-state index contributed by atoms with van der Waals surface area (Å²) in [6.45, 7) is 7.42. The van der Waals surface area contributed by atoms with Crippen molar-refractivity contribution in [1.29, 1.82) is 0 Å². The van der Waals surface area contributed by atoms with E-state index < -0.39 is 0 Å². The Morgan fingerprint density at radius 2 is 2.20 bits per heavy atom. The molecule has 1 atom stereocenters. The number of Topliss-reactive ketones (excluding diaryl/α,β-unsaturated/α-hetero) is 1. The second-order valence-corrected chi connectivity index (χ2v) is 4.83. The van der Waals surface area contributed by atoms with E-state index in [9.17, 15) is 9.59 Å². The number of rotatable bonds is 4. The van der Waals surface area contributed by atoms with Crippen LogP contribution in [-0.4, -0.2) is 29.7 Å². The third-order valence-electron chi connectivity index (χ3n) is 3.21. The highest BCUT2D eigenvalue weighted by Gasteiger charge is 2.27. The van der Waals surface area contributed by atoms with Crippen LogP contribution in [0.2, 0.25) is 0 Å². The molecule has 0 aliphatic carbocycles. The number of ketones is 1. The molecule has 0 N–H and O–H groups in total. The van der Waals surface area contributed by atoms with E-state index in [1.807, 2.05) is 4.90 Å². The van der Waals surface area contributed by atoms with Gasteiger partial charge in [-0.1, -0.05) is 13.8 Å². The van der Waals surface area contributed by atoms with Gasteiger partial charge in [-0.2, -0.15) is 0 Å².